The number of para-hydroxylation sites is 2. The zero-order chi connectivity index (χ0) is 44.6. The second-order valence-electron chi connectivity index (χ2n) is 17.7. The molecule has 0 bridgehead atoms. The number of fused-ring (bicyclic) bond motifs is 21. The smallest absolute Gasteiger partial charge is 0.144 e. The Morgan fingerprint density at radius 2 is 0.716 bits per heavy atom. The number of hydrogen-bond donors (Lipinski definition) is 1. The van der Waals surface area contributed by atoms with E-state index in [1.165, 1.54) is 44.5 Å². The van der Waals surface area contributed by atoms with E-state index < -0.39 is 5.60 Å². The summed E-state index contributed by atoms with van der Waals surface area (Å²) in [5.74, 6) is 0. The van der Waals surface area contributed by atoms with Crippen LogP contribution in [0.15, 0.2) is 230 Å². The SMILES string of the molecule is Brc1cc2c(c3oc4ccccc4c13)-c1ccccc1C21c2ccccc2-c2ccccc21.OC1(c2ccccc2-c2ccccc2)c2ccccc2-c2c1cc(Br)c1c2oc2ccccc21. The lowest BCUT2D eigenvalue weighted by Gasteiger charge is -2.30. The molecule has 2 aromatic heterocycles. The molecule has 0 radical (unpaired) electrons. The number of halogens is 2. The van der Waals surface area contributed by atoms with Gasteiger partial charge in [0.25, 0.3) is 0 Å². The third-order valence-electron chi connectivity index (χ3n) is 14.5. The van der Waals surface area contributed by atoms with E-state index in [1.807, 2.05) is 78.9 Å². The number of hydrogen-bond acceptors (Lipinski definition) is 3. The lowest BCUT2D eigenvalue weighted by Crippen LogP contribution is -2.27. The molecule has 0 saturated heterocycles. The maximum absolute atomic E-state index is 12.7. The van der Waals surface area contributed by atoms with Crippen LogP contribution >= 0.6 is 31.9 Å². The van der Waals surface area contributed by atoms with Crippen LogP contribution in [0, 0.1) is 0 Å². The topological polar surface area (TPSA) is 46.5 Å². The van der Waals surface area contributed by atoms with Gasteiger partial charge >= 0.3 is 0 Å². The first-order valence-corrected chi connectivity index (χ1v) is 24.1. The zero-order valence-corrected chi connectivity index (χ0v) is 38.9. The largest absolute Gasteiger partial charge is 0.455 e. The molecule has 1 unspecified atom stereocenters. The lowest BCUT2D eigenvalue weighted by atomic mass is 9.70. The van der Waals surface area contributed by atoms with Gasteiger partial charge in [-0.05, 0) is 95.8 Å². The van der Waals surface area contributed by atoms with Crippen molar-refractivity contribution >= 4 is 75.7 Å². The highest BCUT2D eigenvalue weighted by molar-refractivity contribution is 9.11. The molecule has 1 spiro atoms. The van der Waals surface area contributed by atoms with Crippen LogP contribution in [0.4, 0.5) is 0 Å². The van der Waals surface area contributed by atoms with Gasteiger partial charge in [-0.2, -0.15) is 0 Å². The summed E-state index contributed by atoms with van der Waals surface area (Å²) in [5.41, 5.74) is 18.9. The van der Waals surface area contributed by atoms with Crippen molar-refractivity contribution in [3.8, 4) is 44.5 Å². The molecule has 5 heteroatoms. The molecule has 0 fully saturated rings. The van der Waals surface area contributed by atoms with Crippen LogP contribution in [-0.2, 0) is 11.0 Å². The summed E-state index contributed by atoms with van der Waals surface area (Å²) in [5, 5.41) is 17.1. The molecule has 67 heavy (non-hydrogen) atoms. The Kier molecular flexibility index (Phi) is 8.35. The van der Waals surface area contributed by atoms with Gasteiger partial charge in [0, 0.05) is 58.3 Å². The van der Waals surface area contributed by atoms with Crippen molar-refractivity contribution in [3.63, 3.8) is 0 Å². The van der Waals surface area contributed by atoms with Crippen molar-refractivity contribution in [2.75, 3.05) is 0 Å². The summed E-state index contributed by atoms with van der Waals surface area (Å²) in [4.78, 5) is 0. The predicted octanol–water partition coefficient (Wildman–Crippen LogP) is 17.0. The molecule has 0 amide bonds. The van der Waals surface area contributed by atoms with Crippen molar-refractivity contribution in [2.24, 2.45) is 0 Å². The van der Waals surface area contributed by atoms with Crippen molar-refractivity contribution in [1.82, 2.24) is 0 Å². The number of aliphatic hydroxyl groups is 1. The number of rotatable bonds is 2. The fourth-order valence-electron chi connectivity index (χ4n) is 11.9. The summed E-state index contributed by atoms with van der Waals surface area (Å²) in [6.45, 7) is 0. The molecule has 2 heterocycles. The van der Waals surface area contributed by atoms with Crippen LogP contribution in [0.5, 0.6) is 0 Å². The van der Waals surface area contributed by atoms with E-state index >= 15 is 0 Å². The monoisotopic (exact) mass is 986 g/mol. The van der Waals surface area contributed by atoms with E-state index in [2.05, 4.69) is 165 Å². The van der Waals surface area contributed by atoms with Gasteiger partial charge in [-0.15, -0.1) is 0 Å². The predicted molar refractivity (Wildman–Crippen MR) is 279 cm³/mol. The minimum Gasteiger partial charge on any atom is -0.455 e. The molecule has 1 N–H and O–H groups in total. The second-order valence-corrected chi connectivity index (χ2v) is 19.4. The van der Waals surface area contributed by atoms with E-state index in [9.17, 15) is 5.11 Å². The quantitative estimate of drug-likeness (QED) is 0.188. The molecular weight excluding hydrogens is 952 g/mol. The van der Waals surface area contributed by atoms with Gasteiger partial charge in [0.15, 0.2) is 0 Å². The van der Waals surface area contributed by atoms with Crippen LogP contribution in [0.1, 0.15) is 38.9 Å². The lowest BCUT2D eigenvalue weighted by molar-refractivity contribution is 0.131. The van der Waals surface area contributed by atoms with E-state index in [0.717, 1.165) is 91.8 Å². The van der Waals surface area contributed by atoms with E-state index in [1.54, 1.807) is 0 Å². The van der Waals surface area contributed by atoms with E-state index in [-0.39, 0.29) is 5.41 Å². The number of furan rings is 2. The second kappa shape index (κ2) is 14.4. The average molecular weight is 989 g/mol. The van der Waals surface area contributed by atoms with Gasteiger partial charge in [-0.1, -0.05) is 204 Å². The third kappa shape index (κ3) is 5.14. The van der Waals surface area contributed by atoms with Crippen LogP contribution in [0.3, 0.4) is 0 Å². The first kappa shape index (κ1) is 38.9. The van der Waals surface area contributed by atoms with Crippen molar-refractivity contribution in [2.45, 2.75) is 11.0 Å². The fraction of sp³-hybridized carbons (Fsp3) is 0.0323. The maximum atomic E-state index is 12.7. The van der Waals surface area contributed by atoms with Crippen LogP contribution in [0.2, 0.25) is 0 Å². The van der Waals surface area contributed by atoms with Gasteiger partial charge in [0.05, 0.1) is 5.41 Å². The van der Waals surface area contributed by atoms with Crippen molar-refractivity contribution in [1.29, 1.82) is 0 Å². The van der Waals surface area contributed by atoms with Gasteiger partial charge in [0.2, 0.25) is 0 Å². The highest BCUT2D eigenvalue weighted by atomic mass is 79.9. The maximum Gasteiger partial charge on any atom is 0.144 e. The molecule has 3 aliphatic carbocycles. The average Bonchev–Trinajstić information content (AvgIpc) is 4.17. The highest BCUT2D eigenvalue weighted by Crippen LogP contribution is 2.65. The normalized spacial score (nSPS) is 15.6. The Morgan fingerprint density at radius 3 is 1.27 bits per heavy atom. The summed E-state index contributed by atoms with van der Waals surface area (Å²) >= 11 is 7.76. The van der Waals surface area contributed by atoms with Crippen LogP contribution in [0.25, 0.3) is 88.4 Å². The molecule has 1 atom stereocenters. The van der Waals surface area contributed by atoms with Crippen LogP contribution < -0.4 is 0 Å². The summed E-state index contributed by atoms with van der Waals surface area (Å²) in [7, 11) is 0. The molecule has 0 saturated carbocycles. The molecule has 0 aliphatic heterocycles. The summed E-state index contributed by atoms with van der Waals surface area (Å²) in [6.07, 6.45) is 0. The van der Waals surface area contributed by atoms with Gasteiger partial charge in [-0.25, -0.2) is 0 Å². The van der Waals surface area contributed by atoms with Gasteiger partial charge < -0.3 is 13.9 Å². The molecule has 3 nitrogen and oxygen atoms in total. The van der Waals surface area contributed by atoms with Gasteiger partial charge in [-0.3, -0.25) is 0 Å². The first-order chi connectivity index (χ1) is 33.0. The molecule has 12 aromatic rings. The van der Waals surface area contributed by atoms with E-state index in [0.29, 0.717) is 0 Å². The Morgan fingerprint density at radius 1 is 0.343 bits per heavy atom. The Labute approximate surface area is 402 Å². The molecule has 316 valence electrons. The van der Waals surface area contributed by atoms with Crippen molar-refractivity contribution in [3.05, 3.63) is 260 Å². The van der Waals surface area contributed by atoms with Crippen LogP contribution in [-0.4, -0.2) is 5.11 Å². The minimum atomic E-state index is -1.33. The number of benzene rings is 10. The Hall–Kier alpha value is -7.28. The summed E-state index contributed by atoms with van der Waals surface area (Å²) < 4.78 is 15.0. The molecule has 10 aromatic carbocycles. The Bertz CT molecular complexity index is 4000. The minimum absolute atomic E-state index is 0.352. The van der Waals surface area contributed by atoms with Gasteiger partial charge in [0.1, 0.15) is 27.9 Å². The van der Waals surface area contributed by atoms with E-state index in [4.69, 9.17) is 8.83 Å². The van der Waals surface area contributed by atoms with Crippen molar-refractivity contribution < 1.29 is 13.9 Å². The third-order valence-corrected chi connectivity index (χ3v) is 15.8. The first-order valence-electron chi connectivity index (χ1n) is 22.5. The standard InChI is InChI=1S/C31H19BrO2.C31H17BrO/c32-26-18-25-28(30-29(26)22-14-6-9-17-27(22)34-30)21-13-5-8-16-24(21)31(25,33)23-15-7-4-12-20(23)19-10-2-1-3-11-19;32-26-17-25-28(30-29(26)21-12-4-8-16-27(21)33-30)20-11-3-7-15-24(20)31(25)22-13-5-1-9-18(22)19-10-2-6-14-23(19)31/h1-18,33H;1-17H. The molecule has 3 aliphatic rings. The zero-order valence-electron chi connectivity index (χ0n) is 35.7. The summed E-state index contributed by atoms with van der Waals surface area (Å²) in [6, 6.07) is 74.0. The fourth-order valence-corrected chi connectivity index (χ4v) is 13.2. The highest BCUT2D eigenvalue weighted by Gasteiger charge is 2.53. The Balaban J connectivity index is 0.000000127. The molecule has 15 rings (SSSR count). The molecular formula is C62H36Br2O3.